The first-order valence-corrected chi connectivity index (χ1v) is 8.58. The molecule has 1 atom stereocenters. The van der Waals surface area contributed by atoms with Crippen molar-refractivity contribution in [3.8, 4) is 0 Å². The van der Waals surface area contributed by atoms with E-state index in [1.165, 1.54) is 0 Å². The Bertz CT molecular complexity index is 507. The van der Waals surface area contributed by atoms with Gasteiger partial charge in [-0.1, -0.05) is 37.5 Å². The smallest absolute Gasteiger partial charge is 0.207 e. The number of hydrogen-bond donors (Lipinski definition) is 0. The van der Waals surface area contributed by atoms with Crippen molar-refractivity contribution in [1.82, 2.24) is 4.31 Å². The van der Waals surface area contributed by atoms with Crippen molar-refractivity contribution in [2.75, 3.05) is 6.54 Å². The standard InChI is InChI=1S/C15H23NO2S/c1-3-4-6-14-7-5-12-16(14)19(17,18)15-10-8-13(2)9-11-15/h8-11,14H,3-7,12H2,1-2H3. The third-order valence-corrected chi connectivity index (χ3v) is 5.81. The number of nitrogens with zero attached hydrogens (tertiary/aromatic N) is 1. The molecule has 3 nitrogen and oxygen atoms in total. The highest BCUT2D eigenvalue weighted by atomic mass is 32.2. The quantitative estimate of drug-likeness (QED) is 0.830. The Morgan fingerprint density at radius 2 is 1.95 bits per heavy atom. The second-order valence-corrected chi connectivity index (χ2v) is 7.26. The van der Waals surface area contributed by atoms with Gasteiger partial charge in [-0.15, -0.1) is 0 Å². The average Bonchev–Trinajstić information content (AvgIpc) is 2.86. The molecule has 1 aliphatic heterocycles. The van der Waals surface area contributed by atoms with E-state index in [9.17, 15) is 8.42 Å². The Balaban J connectivity index is 2.21. The highest BCUT2D eigenvalue weighted by Crippen LogP contribution is 2.28. The lowest BCUT2D eigenvalue weighted by Gasteiger charge is -2.24. The lowest BCUT2D eigenvalue weighted by molar-refractivity contribution is 0.363. The topological polar surface area (TPSA) is 37.4 Å². The minimum Gasteiger partial charge on any atom is -0.207 e. The third kappa shape index (κ3) is 3.18. The van der Waals surface area contributed by atoms with Crippen molar-refractivity contribution in [3.63, 3.8) is 0 Å². The number of sulfonamides is 1. The summed E-state index contributed by atoms with van der Waals surface area (Å²) >= 11 is 0. The van der Waals surface area contributed by atoms with E-state index >= 15 is 0 Å². The van der Waals surface area contributed by atoms with Gasteiger partial charge in [0.15, 0.2) is 0 Å². The summed E-state index contributed by atoms with van der Waals surface area (Å²) in [6, 6.07) is 7.37. The predicted molar refractivity (Wildman–Crippen MR) is 77.6 cm³/mol. The molecule has 106 valence electrons. The van der Waals surface area contributed by atoms with Crippen molar-refractivity contribution in [2.24, 2.45) is 0 Å². The number of aryl methyl sites for hydroxylation is 1. The van der Waals surface area contributed by atoms with Gasteiger partial charge in [0.25, 0.3) is 0 Å². The summed E-state index contributed by atoms with van der Waals surface area (Å²) in [4.78, 5) is 0.432. The van der Waals surface area contributed by atoms with Crippen LogP contribution in [0.15, 0.2) is 29.2 Å². The fourth-order valence-corrected chi connectivity index (χ4v) is 4.42. The molecule has 2 rings (SSSR count). The van der Waals surface area contributed by atoms with Crippen LogP contribution in [0.4, 0.5) is 0 Å². The van der Waals surface area contributed by atoms with Gasteiger partial charge in [-0.05, 0) is 38.3 Å². The van der Waals surface area contributed by atoms with Crippen LogP contribution in [0.25, 0.3) is 0 Å². The van der Waals surface area contributed by atoms with Crippen molar-refractivity contribution >= 4 is 10.0 Å². The molecule has 19 heavy (non-hydrogen) atoms. The zero-order valence-electron chi connectivity index (χ0n) is 11.8. The van der Waals surface area contributed by atoms with Gasteiger partial charge < -0.3 is 0 Å². The Kier molecular flexibility index (Phi) is 4.63. The Morgan fingerprint density at radius 3 is 2.58 bits per heavy atom. The van der Waals surface area contributed by atoms with Crippen molar-refractivity contribution in [3.05, 3.63) is 29.8 Å². The van der Waals surface area contributed by atoms with Gasteiger partial charge in [0.05, 0.1) is 4.90 Å². The molecular weight excluding hydrogens is 258 g/mol. The largest absolute Gasteiger partial charge is 0.243 e. The van der Waals surface area contributed by atoms with Crippen molar-refractivity contribution in [1.29, 1.82) is 0 Å². The molecule has 1 aliphatic rings. The highest BCUT2D eigenvalue weighted by Gasteiger charge is 2.34. The molecule has 1 unspecified atom stereocenters. The molecule has 1 aromatic rings. The summed E-state index contributed by atoms with van der Waals surface area (Å²) in [7, 11) is -3.30. The first kappa shape index (κ1) is 14.5. The lowest BCUT2D eigenvalue weighted by Crippen LogP contribution is -2.35. The van der Waals surface area contributed by atoms with Crippen LogP contribution in [-0.4, -0.2) is 25.3 Å². The normalized spacial score (nSPS) is 20.8. The fraction of sp³-hybridized carbons (Fsp3) is 0.600. The maximum atomic E-state index is 12.6. The minimum atomic E-state index is -3.30. The second-order valence-electron chi connectivity index (χ2n) is 5.37. The van der Waals surface area contributed by atoms with Gasteiger partial charge in [0.1, 0.15) is 0 Å². The average molecular weight is 281 g/mol. The minimum absolute atomic E-state index is 0.200. The van der Waals surface area contributed by atoms with Crippen molar-refractivity contribution < 1.29 is 8.42 Å². The molecule has 0 bridgehead atoms. The van der Waals surface area contributed by atoms with Crippen LogP contribution >= 0.6 is 0 Å². The summed E-state index contributed by atoms with van der Waals surface area (Å²) in [6.07, 6.45) is 5.20. The number of hydrogen-bond acceptors (Lipinski definition) is 2. The van der Waals surface area contributed by atoms with Gasteiger partial charge in [-0.3, -0.25) is 0 Å². The Labute approximate surface area is 116 Å². The fourth-order valence-electron chi connectivity index (χ4n) is 2.70. The first-order chi connectivity index (χ1) is 9.05. The molecular formula is C15H23NO2S. The molecule has 0 amide bonds. The molecule has 0 saturated carbocycles. The lowest BCUT2D eigenvalue weighted by atomic mass is 10.1. The predicted octanol–water partition coefficient (Wildman–Crippen LogP) is 3.34. The van der Waals surface area contributed by atoms with Crippen LogP contribution in [0, 0.1) is 6.92 Å². The van der Waals surface area contributed by atoms with E-state index in [1.807, 2.05) is 19.1 Å². The summed E-state index contributed by atoms with van der Waals surface area (Å²) < 4.78 is 27.0. The van der Waals surface area contributed by atoms with E-state index in [-0.39, 0.29) is 6.04 Å². The maximum Gasteiger partial charge on any atom is 0.243 e. The molecule has 1 heterocycles. The highest BCUT2D eigenvalue weighted by molar-refractivity contribution is 7.89. The molecule has 1 fully saturated rings. The number of benzene rings is 1. The van der Waals surface area contributed by atoms with Crippen LogP contribution in [0.2, 0.25) is 0 Å². The van der Waals surface area contributed by atoms with Crippen LogP contribution in [-0.2, 0) is 10.0 Å². The van der Waals surface area contributed by atoms with Gasteiger partial charge >= 0.3 is 0 Å². The summed E-state index contributed by atoms with van der Waals surface area (Å²) in [5.41, 5.74) is 1.09. The second kappa shape index (κ2) is 6.06. The van der Waals surface area contributed by atoms with Gasteiger partial charge in [-0.25, -0.2) is 8.42 Å². The van der Waals surface area contributed by atoms with E-state index in [4.69, 9.17) is 0 Å². The molecule has 0 aromatic heterocycles. The molecule has 4 heteroatoms. The van der Waals surface area contributed by atoms with Crippen molar-refractivity contribution in [2.45, 2.75) is 56.9 Å². The summed E-state index contributed by atoms with van der Waals surface area (Å²) in [5, 5.41) is 0. The Morgan fingerprint density at radius 1 is 1.26 bits per heavy atom. The summed E-state index contributed by atoms with van der Waals surface area (Å²) in [5.74, 6) is 0. The molecule has 1 aromatic carbocycles. The third-order valence-electron chi connectivity index (χ3n) is 3.84. The van der Waals surface area contributed by atoms with Gasteiger partial charge in [0, 0.05) is 12.6 Å². The van der Waals surface area contributed by atoms with E-state index in [2.05, 4.69) is 6.92 Å². The molecule has 0 radical (unpaired) electrons. The monoisotopic (exact) mass is 281 g/mol. The van der Waals surface area contributed by atoms with E-state index in [0.29, 0.717) is 11.4 Å². The molecule has 0 aliphatic carbocycles. The summed E-state index contributed by atoms with van der Waals surface area (Å²) in [6.45, 7) is 4.79. The Hall–Kier alpha value is -0.870. The molecule has 1 saturated heterocycles. The number of unbranched alkanes of at least 4 members (excludes halogenated alkanes) is 1. The van der Waals surface area contributed by atoms with Gasteiger partial charge in [0.2, 0.25) is 10.0 Å². The zero-order valence-corrected chi connectivity index (χ0v) is 12.6. The van der Waals surface area contributed by atoms with Gasteiger partial charge in [-0.2, -0.15) is 4.31 Å². The van der Waals surface area contributed by atoms with Crippen LogP contribution in [0.5, 0.6) is 0 Å². The van der Waals surface area contributed by atoms with E-state index < -0.39 is 10.0 Å². The van der Waals surface area contributed by atoms with E-state index in [1.54, 1.807) is 16.4 Å². The van der Waals surface area contributed by atoms with Crippen LogP contribution < -0.4 is 0 Å². The molecule has 0 N–H and O–H groups in total. The SMILES string of the molecule is CCCCC1CCCN1S(=O)(=O)c1ccc(C)cc1. The number of rotatable bonds is 5. The van der Waals surface area contributed by atoms with Crippen LogP contribution in [0.3, 0.4) is 0 Å². The van der Waals surface area contributed by atoms with E-state index in [0.717, 1.165) is 37.7 Å². The van der Waals surface area contributed by atoms with Crippen LogP contribution in [0.1, 0.15) is 44.6 Å². The zero-order chi connectivity index (χ0) is 13.9. The molecule has 0 spiro atoms. The maximum absolute atomic E-state index is 12.6. The first-order valence-electron chi connectivity index (χ1n) is 7.14.